The smallest absolute Gasteiger partial charge is 0.256 e. The van der Waals surface area contributed by atoms with Gasteiger partial charge in [0.1, 0.15) is 5.82 Å². The van der Waals surface area contributed by atoms with Gasteiger partial charge in [0.15, 0.2) is 0 Å². The van der Waals surface area contributed by atoms with Crippen LogP contribution in [-0.2, 0) is 9.53 Å². The number of benzene rings is 2. The Morgan fingerprint density at radius 2 is 1.81 bits per heavy atom. The predicted molar refractivity (Wildman–Crippen MR) is 142 cm³/mol. The summed E-state index contributed by atoms with van der Waals surface area (Å²) in [6, 6.07) is 19.3. The van der Waals surface area contributed by atoms with E-state index >= 15 is 0 Å². The molecule has 2 amide bonds. The van der Waals surface area contributed by atoms with Crippen LogP contribution in [0.4, 0.5) is 22.9 Å². The molecule has 36 heavy (non-hydrogen) atoms. The molecule has 0 bridgehead atoms. The summed E-state index contributed by atoms with van der Waals surface area (Å²) < 4.78 is 5.46. The van der Waals surface area contributed by atoms with Crippen molar-refractivity contribution in [2.24, 2.45) is 0 Å². The lowest BCUT2D eigenvalue weighted by molar-refractivity contribution is -0.117. The molecule has 0 radical (unpaired) electrons. The van der Waals surface area contributed by atoms with Crippen molar-refractivity contribution in [1.82, 2.24) is 4.98 Å². The lowest BCUT2D eigenvalue weighted by Gasteiger charge is -2.39. The summed E-state index contributed by atoms with van der Waals surface area (Å²) in [4.78, 5) is 33.8. The van der Waals surface area contributed by atoms with E-state index in [2.05, 4.69) is 51.7 Å². The van der Waals surface area contributed by atoms with E-state index in [0.717, 1.165) is 49.7 Å². The van der Waals surface area contributed by atoms with Crippen LogP contribution in [0.5, 0.6) is 0 Å². The molecule has 1 saturated heterocycles. The van der Waals surface area contributed by atoms with Gasteiger partial charge >= 0.3 is 0 Å². The third-order valence-electron chi connectivity index (χ3n) is 6.77. The van der Waals surface area contributed by atoms with E-state index in [0.29, 0.717) is 11.4 Å². The van der Waals surface area contributed by atoms with Crippen LogP contribution < -0.4 is 20.4 Å². The molecular weight excluding hydrogens is 454 g/mol. The zero-order chi connectivity index (χ0) is 25.1. The highest BCUT2D eigenvalue weighted by Crippen LogP contribution is 2.40. The Hall–Kier alpha value is -3.91. The highest BCUT2D eigenvalue weighted by molar-refractivity contribution is 6.04. The van der Waals surface area contributed by atoms with Crippen LogP contribution in [0, 0.1) is 0 Å². The number of hydrogen-bond donors (Lipinski definition) is 2. The topological polar surface area (TPSA) is 86.8 Å². The van der Waals surface area contributed by atoms with Crippen molar-refractivity contribution in [2.75, 3.05) is 46.7 Å². The summed E-state index contributed by atoms with van der Waals surface area (Å²) in [6.45, 7) is 6.93. The van der Waals surface area contributed by atoms with Crippen molar-refractivity contribution < 1.29 is 14.3 Å². The maximum absolute atomic E-state index is 13.0. The van der Waals surface area contributed by atoms with Crippen molar-refractivity contribution in [3.8, 4) is 0 Å². The third-order valence-corrected chi connectivity index (χ3v) is 6.77. The summed E-state index contributed by atoms with van der Waals surface area (Å²) >= 11 is 0. The van der Waals surface area contributed by atoms with E-state index < -0.39 is 0 Å². The Morgan fingerprint density at radius 3 is 2.50 bits per heavy atom. The minimum absolute atomic E-state index is 0.0113. The molecule has 2 atom stereocenters. The van der Waals surface area contributed by atoms with Gasteiger partial charge in [-0.3, -0.25) is 9.59 Å². The molecule has 0 spiro atoms. The molecule has 0 saturated carbocycles. The number of nitrogens with one attached hydrogen (secondary N) is 2. The molecule has 8 heteroatoms. The Morgan fingerprint density at radius 1 is 1.03 bits per heavy atom. The number of carbonyl (C=O) groups excluding carboxylic acids is 2. The molecule has 2 aliphatic heterocycles. The third kappa shape index (κ3) is 5.04. The second-order valence-electron chi connectivity index (χ2n) is 9.26. The normalized spacial score (nSPS) is 19.4. The number of rotatable bonds is 5. The van der Waals surface area contributed by atoms with Gasteiger partial charge < -0.3 is 25.2 Å². The number of pyridine rings is 1. The fraction of sp³-hybridized carbons (Fsp3) is 0.321. The van der Waals surface area contributed by atoms with E-state index in [1.807, 2.05) is 23.1 Å². The van der Waals surface area contributed by atoms with Crippen molar-refractivity contribution in [3.05, 3.63) is 78.0 Å². The van der Waals surface area contributed by atoms with Crippen LogP contribution in [0.1, 0.15) is 42.2 Å². The van der Waals surface area contributed by atoms with Crippen LogP contribution in [0.15, 0.2) is 66.9 Å². The molecule has 2 aromatic carbocycles. The zero-order valence-corrected chi connectivity index (χ0v) is 20.6. The minimum Gasteiger partial charge on any atom is -0.378 e. The van der Waals surface area contributed by atoms with Crippen molar-refractivity contribution in [1.29, 1.82) is 0 Å². The fourth-order valence-corrected chi connectivity index (χ4v) is 5.04. The molecule has 3 heterocycles. The number of anilines is 4. The van der Waals surface area contributed by atoms with Crippen LogP contribution in [-0.4, -0.2) is 49.1 Å². The summed E-state index contributed by atoms with van der Waals surface area (Å²) in [7, 11) is 0. The number of morpholine rings is 1. The first-order chi connectivity index (χ1) is 17.5. The maximum Gasteiger partial charge on any atom is 0.256 e. The summed E-state index contributed by atoms with van der Waals surface area (Å²) in [6.07, 6.45) is 2.36. The number of ether oxygens (including phenoxy) is 1. The first-order valence-corrected chi connectivity index (χ1v) is 12.3. The molecule has 5 rings (SSSR count). The van der Waals surface area contributed by atoms with Crippen molar-refractivity contribution >= 4 is 34.7 Å². The highest BCUT2D eigenvalue weighted by Gasteiger charge is 2.33. The van der Waals surface area contributed by atoms with E-state index in [1.54, 1.807) is 31.3 Å². The van der Waals surface area contributed by atoms with Crippen molar-refractivity contribution in [3.63, 3.8) is 0 Å². The number of carbonyl (C=O) groups is 2. The van der Waals surface area contributed by atoms with Gasteiger partial charge in [-0.05, 0) is 73.5 Å². The molecule has 2 aliphatic rings. The lowest BCUT2D eigenvalue weighted by atomic mass is 9.90. The molecular formula is C28H31N5O3. The average Bonchev–Trinajstić information content (AvgIpc) is 2.90. The van der Waals surface area contributed by atoms with E-state index in [1.165, 1.54) is 5.69 Å². The quantitative estimate of drug-likeness (QED) is 0.555. The Labute approximate surface area is 211 Å². The largest absolute Gasteiger partial charge is 0.378 e. The second-order valence-corrected chi connectivity index (χ2v) is 9.26. The number of fused-ring (bicyclic) bond motifs is 1. The predicted octanol–water partition coefficient (Wildman–Crippen LogP) is 4.47. The molecule has 3 aromatic rings. The number of amides is 2. The Balaban J connectivity index is 1.41. The van der Waals surface area contributed by atoms with Gasteiger partial charge in [0.2, 0.25) is 5.91 Å². The van der Waals surface area contributed by atoms with Gasteiger partial charge in [0, 0.05) is 54.9 Å². The molecule has 1 fully saturated rings. The average molecular weight is 486 g/mol. The summed E-state index contributed by atoms with van der Waals surface area (Å²) in [5, 5.41) is 6.49. The summed E-state index contributed by atoms with van der Waals surface area (Å²) in [5.74, 6) is 0.245. The fourth-order valence-electron chi connectivity index (χ4n) is 5.04. The minimum atomic E-state index is -0.238. The highest BCUT2D eigenvalue weighted by atomic mass is 16.5. The van der Waals surface area contributed by atoms with Crippen LogP contribution >= 0.6 is 0 Å². The number of nitrogens with zero attached hydrogens (tertiary/aromatic N) is 3. The first kappa shape index (κ1) is 23.8. The van der Waals surface area contributed by atoms with Crippen LogP contribution in [0.25, 0.3) is 0 Å². The van der Waals surface area contributed by atoms with Gasteiger partial charge in [-0.25, -0.2) is 4.98 Å². The molecule has 8 nitrogen and oxygen atoms in total. The van der Waals surface area contributed by atoms with E-state index in [9.17, 15) is 9.59 Å². The van der Waals surface area contributed by atoms with Crippen LogP contribution in [0.3, 0.4) is 0 Å². The summed E-state index contributed by atoms with van der Waals surface area (Å²) in [5.41, 5.74) is 4.45. The standard InChI is InChI=1S/C28H31N5O3/c1-19-17-25(30-22-7-9-23(10-8-22)32-13-15-36-16-14-32)24-18-21(6-11-26(24)33(19)20(2)34)28(35)31-27-5-3-4-12-29-27/h3-12,18-19,25,30H,13-17H2,1-2H3,(H,29,31,35). The SMILES string of the molecule is CC(=O)N1c2ccc(C(=O)Nc3ccccn3)cc2C(Nc2ccc(N3CCOCC3)cc2)CC1C. The van der Waals surface area contributed by atoms with Gasteiger partial charge in [0.25, 0.3) is 5.91 Å². The molecule has 186 valence electrons. The lowest BCUT2D eigenvalue weighted by Crippen LogP contribution is -2.43. The number of hydrogen-bond acceptors (Lipinski definition) is 6. The van der Waals surface area contributed by atoms with Crippen LogP contribution in [0.2, 0.25) is 0 Å². The number of aromatic nitrogens is 1. The van der Waals surface area contributed by atoms with Gasteiger partial charge in [-0.1, -0.05) is 6.07 Å². The molecule has 1 aromatic heterocycles. The van der Waals surface area contributed by atoms with Crippen molar-refractivity contribution in [2.45, 2.75) is 32.4 Å². The van der Waals surface area contributed by atoms with Gasteiger partial charge in [-0.2, -0.15) is 0 Å². The molecule has 0 aliphatic carbocycles. The van der Waals surface area contributed by atoms with Gasteiger partial charge in [-0.15, -0.1) is 0 Å². The van der Waals surface area contributed by atoms with E-state index in [4.69, 9.17) is 4.74 Å². The molecule has 2 unspecified atom stereocenters. The van der Waals surface area contributed by atoms with Gasteiger partial charge in [0.05, 0.1) is 19.3 Å². The molecule has 2 N–H and O–H groups in total. The Kier molecular flexibility index (Phi) is 6.86. The monoisotopic (exact) mass is 485 g/mol. The second kappa shape index (κ2) is 10.4. The van der Waals surface area contributed by atoms with E-state index in [-0.39, 0.29) is 23.9 Å². The Bertz CT molecular complexity index is 1230. The first-order valence-electron chi connectivity index (χ1n) is 12.3. The zero-order valence-electron chi connectivity index (χ0n) is 20.6. The maximum atomic E-state index is 13.0.